The first kappa shape index (κ1) is 17.8. The van der Waals surface area contributed by atoms with Crippen LogP contribution in [0.1, 0.15) is 28.4 Å². The van der Waals surface area contributed by atoms with Gasteiger partial charge in [-0.2, -0.15) is 5.26 Å². The zero-order chi connectivity index (χ0) is 19.6. The molecule has 0 fully saturated rings. The quantitative estimate of drug-likeness (QED) is 0.373. The van der Waals surface area contributed by atoms with Crippen molar-refractivity contribution in [1.29, 1.82) is 10.7 Å². The highest BCUT2D eigenvalue weighted by atomic mass is 16.1. The second-order valence-corrected chi connectivity index (χ2v) is 6.05. The molecule has 0 aliphatic heterocycles. The van der Waals surface area contributed by atoms with Crippen LogP contribution in [0.15, 0.2) is 48.5 Å². The van der Waals surface area contributed by atoms with Crippen LogP contribution < -0.4 is 11.5 Å². The number of nitrogen functional groups attached to an aromatic ring is 2. The largest absolute Gasteiger partial charge is 0.398 e. The zero-order valence-corrected chi connectivity index (χ0v) is 14.7. The van der Waals surface area contributed by atoms with Crippen molar-refractivity contribution < 1.29 is 4.79 Å². The number of pyridine rings is 1. The van der Waals surface area contributed by atoms with Gasteiger partial charge < -0.3 is 16.9 Å². The van der Waals surface area contributed by atoms with Gasteiger partial charge in [-0.3, -0.25) is 4.79 Å². The molecule has 6 nitrogen and oxygen atoms in total. The highest BCUT2D eigenvalue weighted by Crippen LogP contribution is 2.34. The molecule has 0 radical (unpaired) electrons. The maximum absolute atomic E-state index is 12.0. The van der Waals surface area contributed by atoms with Gasteiger partial charge in [0, 0.05) is 28.6 Å². The fourth-order valence-corrected chi connectivity index (χ4v) is 2.85. The van der Waals surface area contributed by atoms with Crippen molar-refractivity contribution in [2.45, 2.75) is 6.92 Å². The third kappa shape index (κ3) is 3.39. The molecule has 0 spiro atoms. The Kier molecular flexibility index (Phi) is 4.69. The van der Waals surface area contributed by atoms with Crippen molar-refractivity contribution in [1.82, 2.24) is 4.98 Å². The minimum atomic E-state index is -0.193. The number of hydrogen-bond donors (Lipinski definition) is 3. The summed E-state index contributed by atoms with van der Waals surface area (Å²) in [6.07, 6.45) is 1.17. The summed E-state index contributed by atoms with van der Waals surface area (Å²) >= 11 is 0. The number of nitrogens with two attached hydrogens (primary N) is 2. The first-order valence-electron chi connectivity index (χ1n) is 8.17. The first-order chi connectivity index (χ1) is 12.9. The van der Waals surface area contributed by atoms with E-state index >= 15 is 0 Å². The Balaban J connectivity index is 2.33. The maximum Gasteiger partial charge on any atom is 0.163 e. The molecule has 3 aromatic rings. The van der Waals surface area contributed by atoms with Crippen LogP contribution in [-0.2, 0) is 0 Å². The number of ketones is 1. The van der Waals surface area contributed by atoms with Gasteiger partial charge >= 0.3 is 0 Å². The van der Waals surface area contributed by atoms with E-state index in [9.17, 15) is 10.1 Å². The smallest absolute Gasteiger partial charge is 0.163 e. The maximum atomic E-state index is 12.0. The average molecular weight is 355 g/mol. The van der Waals surface area contributed by atoms with Crippen molar-refractivity contribution in [2.75, 3.05) is 11.5 Å². The number of aromatic nitrogens is 1. The van der Waals surface area contributed by atoms with Crippen molar-refractivity contribution in [3.63, 3.8) is 0 Å². The molecule has 0 unspecified atom stereocenters. The lowest BCUT2D eigenvalue weighted by molar-refractivity contribution is 0.101. The van der Waals surface area contributed by atoms with Gasteiger partial charge in [-0.15, -0.1) is 0 Å². The van der Waals surface area contributed by atoms with Crippen molar-refractivity contribution in [3.05, 3.63) is 65.2 Å². The normalized spacial score (nSPS) is 10.2. The third-order valence-electron chi connectivity index (χ3n) is 4.25. The van der Waals surface area contributed by atoms with E-state index < -0.39 is 0 Å². The van der Waals surface area contributed by atoms with E-state index in [0.29, 0.717) is 39.2 Å². The lowest BCUT2D eigenvalue weighted by Gasteiger charge is -2.14. The topological polar surface area (TPSA) is 130 Å². The van der Waals surface area contributed by atoms with Crippen LogP contribution in [-0.4, -0.2) is 17.0 Å². The van der Waals surface area contributed by atoms with Crippen LogP contribution >= 0.6 is 0 Å². The van der Waals surface area contributed by atoms with E-state index in [4.69, 9.17) is 16.9 Å². The van der Waals surface area contributed by atoms with E-state index in [-0.39, 0.29) is 11.6 Å². The highest BCUT2D eigenvalue weighted by molar-refractivity contribution is 6.01. The molecule has 27 heavy (non-hydrogen) atoms. The van der Waals surface area contributed by atoms with Gasteiger partial charge in [-0.1, -0.05) is 18.2 Å². The van der Waals surface area contributed by atoms with E-state index in [1.807, 2.05) is 6.07 Å². The number of nitriles is 1. The molecule has 132 valence electrons. The van der Waals surface area contributed by atoms with Crippen molar-refractivity contribution >= 4 is 23.5 Å². The fraction of sp³-hybridized carbons (Fsp3) is 0.0476. The summed E-state index contributed by atoms with van der Waals surface area (Å²) in [6.45, 7) is 1.43. The zero-order valence-electron chi connectivity index (χ0n) is 14.7. The SMILES string of the molecule is CC(=O)c1cc(-c2ccc(N)c(C=N)c2)c(-c2cccc(C#N)c2)nc1N. The van der Waals surface area contributed by atoms with Gasteiger partial charge in [0.25, 0.3) is 0 Å². The summed E-state index contributed by atoms with van der Waals surface area (Å²) in [4.78, 5) is 16.4. The van der Waals surface area contributed by atoms with Crippen LogP contribution in [0.2, 0.25) is 0 Å². The lowest BCUT2D eigenvalue weighted by atomic mass is 9.94. The molecular weight excluding hydrogens is 338 g/mol. The van der Waals surface area contributed by atoms with Gasteiger partial charge in [0.05, 0.1) is 22.9 Å². The van der Waals surface area contributed by atoms with Crippen molar-refractivity contribution in [2.24, 2.45) is 0 Å². The minimum Gasteiger partial charge on any atom is -0.398 e. The van der Waals surface area contributed by atoms with Crippen LogP contribution in [0.25, 0.3) is 22.4 Å². The Morgan fingerprint density at radius 3 is 2.59 bits per heavy atom. The summed E-state index contributed by atoms with van der Waals surface area (Å²) in [5.74, 6) is -0.0624. The third-order valence-corrected chi connectivity index (χ3v) is 4.25. The van der Waals surface area contributed by atoms with Gasteiger partial charge in [0.2, 0.25) is 0 Å². The molecule has 0 saturated heterocycles. The fourth-order valence-electron chi connectivity index (χ4n) is 2.85. The summed E-state index contributed by atoms with van der Waals surface area (Å²) < 4.78 is 0. The van der Waals surface area contributed by atoms with Crippen LogP contribution in [0.4, 0.5) is 11.5 Å². The monoisotopic (exact) mass is 355 g/mol. The van der Waals surface area contributed by atoms with E-state index in [0.717, 1.165) is 5.56 Å². The van der Waals surface area contributed by atoms with Crippen LogP contribution in [0, 0.1) is 16.7 Å². The molecule has 0 saturated carbocycles. The number of anilines is 2. The van der Waals surface area contributed by atoms with E-state index in [1.54, 1.807) is 42.5 Å². The van der Waals surface area contributed by atoms with Crippen molar-refractivity contribution in [3.8, 4) is 28.5 Å². The molecule has 0 aliphatic rings. The van der Waals surface area contributed by atoms with E-state index in [2.05, 4.69) is 11.1 Å². The molecule has 1 aromatic heterocycles. The standard InChI is InChI=1S/C21H17N5O/c1-12(27)17-9-18(14-5-6-19(24)16(8-14)11-23)20(26-21(17)25)15-4-2-3-13(7-15)10-22/h2-9,11,23H,24H2,1H3,(H2,25,26). The second-order valence-electron chi connectivity index (χ2n) is 6.05. The molecule has 2 aromatic carbocycles. The summed E-state index contributed by atoms with van der Waals surface area (Å²) in [6, 6.07) is 16.1. The summed E-state index contributed by atoms with van der Waals surface area (Å²) in [7, 11) is 0. The Morgan fingerprint density at radius 2 is 1.93 bits per heavy atom. The molecule has 5 N–H and O–H groups in total. The minimum absolute atomic E-state index is 0.131. The number of nitrogens with one attached hydrogen (secondary N) is 1. The molecule has 1 heterocycles. The van der Waals surface area contributed by atoms with E-state index in [1.165, 1.54) is 13.1 Å². The molecule has 0 bridgehead atoms. The lowest BCUT2D eigenvalue weighted by Crippen LogP contribution is -2.05. The van der Waals surface area contributed by atoms with Crippen LogP contribution in [0.3, 0.4) is 0 Å². The van der Waals surface area contributed by atoms with Gasteiger partial charge in [-0.25, -0.2) is 4.98 Å². The predicted octanol–water partition coefficient (Wildman–Crippen LogP) is 3.65. The Bertz CT molecular complexity index is 1110. The highest BCUT2D eigenvalue weighted by Gasteiger charge is 2.17. The first-order valence-corrected chi connectivity index (χ1v) is 8.17. The number of carbonyl (C=O) groups excluding carboxylic acids is 1. The molecule has 0 atom stereocenters. The average Bonchev–Trinajstić information content (AvgIpc) is 2.68. The molecule has 3 rings (SSSR count). The molecule has 0 amide bonds. The number of benzene rings is 2. The van der Waals surface area contributed by atoms with Gasteiger partial charge in [-0.05, 0) is 42.8 Å². The molecule has 0 aliphatic carbocycles. The predicted molar refractivity (Wildman–Crippen MR) is 107 cm³/mol. The number of rotatable bonds is 4. The van der Waals surface area contributed by atoms with Gasteiger partial charge in [0.1, 0.15) is 5.82 Å². The Morgan fingerprint density at radius 1 is 1.15 bits per heavy atom. The van der Waals surface area contributed by atoms with Gasteiger partial charge in [0.15, 0.2) is 5.78 Å². The number of nitrogens with zero attached hydrogens (tertiary/aromatic N) is 2. The number of hydrogen-bond acceptors (Lipinski definition) is 6. The summed E-state index contributed by atoms with van der Waals surface area (Å²) in [5, 5.41) is 16.7. The number of Topliss-reactive ketones (excluding diaryl/α,β-unsaturated/α-hetero) is 1. The Hall–Kier alpha value is -3.98. The molecular formula is C21H17N5O. The number of carbonyl (C=O) groups is 1. The molecule has 6 heteroatoms. The Labute approximate surface area is 156 Å². The second kappa shape index (κ2) is 7.10. The van der Waals surface area contributed by atoms with Crippen LogP contribution in [0.5, 0.6) is 0 Å². The summed E-state index contributed by atoms with van der Waals surface area (Å²) in [5.41, 5.74) is 16.4.